The van der Waals surface area contributed by atoms with Crippen LogP contribution < -0.4 is 10.1 Å². The van der Waals surface area contributed by atoms with Crippen LogP contribution in [0.2, 0.25) is 0 Å². The van der Waals surface area contributed by atoms with Crippen molar-refractivity contribution in [2.24, 2.45) is 11.8 Å². The fourth-order valence-corrected chi connectivity index (χ4v) is 3.19. The molecule has 0 aliphatic heterocycles. The minimum atomic E-state index is 0.164. The zero-order chi connectivity index (χ0) is 15.6. The molecule has 0 amide bonds. The number of hydrogen-bond acceptors (Lipinski definition) is 2. The van der Waals surface area contributed by atoms with E-state index in [1.54, 1.807) is 7.11 Å². The predicted octanol–water partition coefficient (Wildman–Crippen LogP) is 5.23. The van der Waals surface area contributed by atoms with E-state index in [1.165, 1.54) is 24.8 Å². The van der Waals surface area contributed by atoms with Crippen molar-refractivity contribution in [2.45, 2.75) is 65.3 Å². The van der Waals surface area contributed by atoms with E-state index in [0.29, 0.717) is 6.04 Å². The van der Waals surface area contributed by atoms with E-state index >= 15 is 0 Å². The smallest absolute Gasteiger partial charge is 0.141 e. The molecule has 21 heavy (non-hydrogen) atoms. The highest BCUT2D eigenvalue weighted by molar-refractivity contribution is 5.59. The molecule has 118 valence electrons. The van der Waals surface area contributed by atoms with Crippen LogP contribution >= 0.6 is 0 Å². The molecule has 1 saturated carbocycles. The Bertz CT molecular complexity index is 475. The Balaban J connectivity index is 2.18. The van der Waals surface area contributed by atoms with Gasteiger partial charge in [-0.25, -0.2) is 0 Å². The molecule has 1 aromatic carbocycles. The monoisotopic (exact) mass is 289 g/mol. The van der Waals surface area contributed by atoms with Crippen LogP contribution in [0.4, 0.5) is 5.69 Å². The highest BCUT2D eigenvalue weighted by Crippen LogP contribution is 2.35. The molecule has 2 heteroatoms. The van der Waals surface area contributed by atoms with Gasteiger partial charge in [0, 0.05) is 6.04 Å². The summed E-state index contributed by atoms with van der Waals surface area (Å²) in [7, 11) is 1.75. The molecule has 1 fully saturated rings. The molecule has 3 unspecified atom stereocenters. The number of hydrogen-bond donors (Lipinski definition) is 1. The molecule has 2 rings (SSSR count). The number of benzene rings is 1. The quantitative estimate of drug-likeness (QED) is 0.822. The lowest BCUT2D eigenvalue weighted by Gasteiger charge is -2.33. The summed E-state index contributed by atoms with van der Waals surface area (Å²) in [5, 5.41) is 3.74. The van der Waals surface area contributed by atoms with Crippen molar-refractivity contribution in [2.75, 3.05) is 12.4 Å². The van der Waals surface area contributed by atoms with Crippen molar-refractivity contribution in [1.82, 2.24) is 0 Å². The SMILES string of the molecule is COc1ccc(C(C)(C)C)cc1NC1CCC(C)C(C)C1. The van der Waals surface area contributed by atoms with Crippen LogP contribution in [-0.4, -0.2) is 13.2 Å². The Morgan fingerprint density at radius 3 is 2.38 bits per heavy atom. The number of nitrogens with one attached hydrogen (secondary N) is 1. The zero-order valence-electron chi connectivity index (χ0n) is 14.5. The van der Waals surface area contributed by atoms with E-state index in [9.17, 15) is 0 Å². The average Bonchev–Trinajstić information content (AvgIpc) is 2.42. The summed E-state index contributed by atoms with van der Waals surface area (Å²) in [5.41, 5.74) is 2.66. The van der Waals surface area contributed by atoms with Gasteiger partial charge in [-0.2, -0.15) is 0 Å². The summed E-state index contributed by atoms with van der Waals surface area (Å²) in [6, 6.07) is 7.11. The van der Waals surface area contributed by atoms with Gasteiger partial charge < -0.3 is 10.1 Å². The summed E-state index contributed by atoms with van der Waals surface area (Å²) in [6.45, 7) is 11.5. The third-order valence-electron chi connectivity index (χ3n) is 5.02. The summed E-state index contributed by atoms with van der Waals surface area (Å²) >= 11 is 0. The van der Waals surface area contributed by atoms with Gasteiger partial charge in [0.15, 0.2) is 0 Å². The lowest BCUT2D eigenvalue weighted by molar-refractivity contribution is 0.260. The van der Waals surface area contributed by atoms with Crippen molar-refractivity contribution in [3.05, 3.63) is 23.8 Å². The van der Waals surface area contributed by atoms with Gasteiger partial charge in [-0.15, -0.1) is 0 Å². The number of methoxy groups -OCH3 is 1. The predicted molar refractivity (Wildman–Crippen MR) is 91.3 cm³/mol. The first-order chi connectivity index (χ1) is 9.81. The maximum atomic E-state index is 5.54. The van der Waals surface area contributed by atoms with Gasteiger partial charge in [0.25, 0.3) is 0 Å². The Hall–Kier alpha value is -1.18. The number of rotatable bonds is 3. The Kier molecular flexibility index (Phi) is 4.85. The second kappa shape index (κ2) is 6.29. The van der Waals surface area contributed by atoms with Gasteiger partial charge >= 0.3 is 0 Å². The lowest BCUT2D eigenvalue weighted by Crippen LogP contribution is -2.30. The van der Waals surface area contributed by atoms with Crippen LogP contribution in [-0.2, 0) is 5.41 Å². The van der Waals surface area contributed by atoms with Crippen molar-refractivity contribution in [3.63, 3.8) is 0 Å². The van der Waals surface area contributed by atoms with Crippen molar-refractivity contribution in [3.8, 4) is 5.75 Å². The molecule has 1 N–H and O–H groups in total. The van der Waals surface area contributed by atoms with Gasteiger partial charge in [-0.05, 0) is 54.2 Å². The van der Waals surface area contributed by atoms with E-state index < -0.39 is 0 Å². The highest BCUT2D eigenvalue weighted by Gasteiger charge is 2.25. The van der Waals surface area contributed by atoms with E-state index in [4.69, 9.17) is 4.74 Å². The molecule has 1 aliphatic rings. The van der Waals surface area contributed by atoms with E-state index in [-0.39, 0.29) is 5.41 Å². The zero-order valence-corrected chi connectivity index (χ0v) is 14.5. The van der Waals surface area contributed by atoms with Crippen LogP contribution in [0.3, 0.4) is 0 Å². The summed E-state index contributed by atoms with van der Waals surface area (Å²) in [5.74, 6) is 2.60. The normalized spacial score (nSPS) is 26.5. The fraction of sp³-hybridized carbons (Fsp3) is 0.684. The molecular weight excluding hydrogens is 258 g/mol. The average molecular weight is 289 g/mol. The molecule has 3 atom stereocenters. The third-order valence-corrected chi connectivity index (χ3v) is 5.02. The van der Waals surface area contributed by atoms with Crippen LogP contribution in [0.15, 0.2) is 18.2 Å². The molecule has 0 bridgehead atoms. The third kappa shape index (κ3) is 3.93. The standard InChI is InChI=1S/C19H31NO/c1-13-7-9-16(11-14(13)2)20-17-12-15(19(3,4)5)8-10-18(17)21-6/h8,10,12-14,16,20H,7,9,11H2,1-6H3. The molecule has 2 nitrogen and oxygen atoms in total. The molecule has 0 saturated heterocycles. The topological polar surface area (TPSA) is 21.3 Å². The van der Waals surface area contributed by atoms with Gasteiger partial charge in [-0.3, -0.25) is 0 Å². The molecule has 0 aromatic heterocycles. The Morgan fingerprint density at radius 2 is 1.81 bits per heavy atom. The molecule has 1 aliphatic carbocycles. The minimum absolute atomic E-state index is 0.164. The second-order valence-electron chi connectivity index (χ2n) is 7.77. The highest BCUT2D eigenvalue weighted by atomic mass is 16.5. The first-order valence-electron chi connectivity index (χ1n) is 8.26. The van der Waals surface area contributed by atoms with Crippen molar-refractivity contribution >= 4 is 5.69 Å². The lowest BCUT2D eigenvalue weighted by atomic mass is 9.79. The summed E-state index contributed by atoms with van der Waals surface area (Å²) < 4.78 is 5.54. The molecule has 0 radical (unpaired) electrons. The van der Waals surface area contributed by atoms with Crippen LogP contribution in [0.25, 0.3) is 0 Å². The minimum Gasteiger partial charge on any atom is -0.495 e. The molecule has 0 spiro atoms. The van der Waals surface area contributed by atoms with E-state index in [2.05, 4.69) is 58.1 Å². The Labute approximate surface area is 130 Å². The van der Waals surface area contributed by atoms with Crippen LogP contribution in [0.5, 0.6) is 5.75 Å². The molecule has 1 aromatic rings. The number of ether oxygens (including phenoxy) is 1. The summed E-state index contributed by atoms with van der Waals surface area (Å²) in [6.07, 6.45) is 3.83. The fourth-order valence-electron chi connectivity index (χ4n) is 3.19. The number of anilines is 1. The molecule has 0 heterocycles. The maximum Gasteiger partial charge on any atom is 0.141 e. The first kappa shape index (κ1) is 16.2. The van der Waals surface area contributed by atoms with Gasteiger partial charge in [0.2, 0.25) is 0 Å². The van der Waals surface area contributed by atoms with Crippen molar-refractivity contribution in [1.29, 1.82) is 0 Å². The first-order valence-corrected chi connectivity index (χ1v) is 8.26. The van der Waals surface area contributed by atoms with Crippen LogP contribution in [0, 0.1) is 11.8 Å². The van der Waals surface area contributed by atoms with Gasteiger partial charge in [-0.1, -0.05) is 40.7 Å². The van der Waals surface area contributed by atoms with E-state index in [0.717, 1.165) is 23.3 Å². The Morgan fingerprint density at radius 1 is 1.10 bits per heavy atom. The van der Waals surface area contributed by atoms with Crippen molar-refractivity contribution < 1.29 is 4.74 Å². The maximum absolute atomic E-state index is 5.54. The largest absolute Gasteiger partial charge is 0.495 e. The summed E-state index contributed by atoms with van der Waals surface area (Å²) in [4.78, 5) is 0. The van der Waals surface area contributed by atoms with Crippen LogP contribution in [0.1, 0.15) is 59.4 Å². The van der Waals surface area contributed by atoms with E-state index in [1.807, 2.05) is 0 Å². The second-order valence-corrected chi connectivity index (χ2v) is 7.77. The molecular formula is C19H31NO. The van der Waals surface area contributed by atoms with Gasteiger partial charge in [0.1, 0.15) is 5.75 Å². The van der Waals surface area contributed by atoms with Gasteiger partial charge in [0.05, 0.1) is 12.8 Å².